The van der Waals surface area contributed by atoms with Gasteiger partial charge < -0.3 is 15.6 Å². The van der Waals surface area contributed by atoms with Crippen LogP contribution in [-0.4, -0.2) is 23.7 Å². The highest BCUT2D eigenvalue weighted by atomic mass is 79.9. The smallest absolute Gasteiger partial charge is 0.320 e. The number of fused-ring (bicyclic) bond motifs is 1. The molecule has 2 rings (SSSR count). The minimum atomic E-state index is -0.974. The number of aliphatic carboxylic acids is 1. The van der Waals surface area contributed by atoms with Crippen molar-refractivity contribution in [3.63, 3.8) is 0 Å². The number of carboxylic acids is 1. The summed E-state index contributed by atoms with van der Waals surface area (Å²) in [6, 6.07) is 2.94. The van der Waals surface area contributed by atoms with E-state index in [1.807, 2.05) is 12.1 Å². The van der Waals surface area contributed by atoms with Crippen molar-refractivity contribution >= 4 is 34.3 Å². The summed E-state index contributed by atoms with van der Waals surface area (Å²) >= 11 is 3.44. The second kappa shape index (κ2) is 6.41. The summed E-state index contributed by atoms with van der Waals surface area (Å²) in [6.07, 6.45) is 2.21. The molecule has 3 N–H and O–H groups in total. The van der Waals surface area contributed by atoms with Crippen molar-refractivity contribution in [1.29, 1.82) is 0 Å². The summed E-state index contributed by atoms with van der Waals surface area (Å²) in [4.78, 5) is 10.8. The predicted molar refractivity (Wildman–Crippen MR) is 74.5 cm³/mol. The fraction of sp³-hybridized carbons (Fsp3) is 0.417. The maximum Gasteiger partial charge on any atom is 0.320 e. The zero-order valence-electron chi connectivity index (χ0n) is 9.69. The average molecular weight is 337 g/mol. The quantitative estimate of drug-likeness (QED) is 0.887. The molecule has 1 atom stereocenters. The molecule has 0 fully saturated rings. The first-order valence-corrected chi connectivity index (χ1v) is 6.30. The molecule has 0 aromatic heterocycles. The predicted octanol–water partition coefficient (Wildman–Crippen LogP) is 2.15. The van der Waals surface area contributed by atoms with Gasteiger partial charge in [0.2, 0.25) is 0 Å². The number of hydrogen-bond donors (Lipinski definition) is 2. The molecule has 100 valence electrons. The van der Waals surface area contributed by atoms with E-state index in [0.29, 0.717) is 13.0 Å². The third-order valence-corrected chi connectivity index (χ3v) is 3.51. The second-order valence-electron chi connectivity index (χ2n) is 4.12. The Morgan fingerprint density at radius 3 is 2.94 bits per heavy atom. The molecule has 0 unspecified atom stereocenters. The molecule has 18 heavy (non-hydrogen) atoms. The summed E-state index contributed by atoms with van der Waals surface area (Å²) in [5.74, 6) is -0.135. The van der Waals surface area contributed by atoms with Gasteiger partial charge in [-0.05, 0) is 52.4 Å². The fourth-order valence-corrected chi connectivity index (χ4v) is 2.49. The van der Waals surface area contributed by atoms with Crippen LogP contribution in [-0.2, 0) is 17.6 Å². The van der Waals surface area contributed by atoms with E-state index in [-0.39, 0.29) is 12.4 Å². The van der Waals surface area contributed by atoms with Gasteiger partial charge in [0.25, 0.3) is 0 Å². The maximum atomic E-state index is 10.8. The summed E-state index contributed by atoms with van der Waals surface area (Å²) in [6.45, 7) is 0.708. The molecule has 0 radical (unpaired) electrons. The Balaban J connectivity index is 0.00000162. The molecule has 1 aliphatic heterocycles. The van der Waals surface area contributed by atoms with Crippen LogP contribution in [0, 0.1) is 0 Å². The zero-order chi connectivity index (χ0) is 12.4. The Morgan fingerprint density at radius 1 is 1.56 bits per heavy atom. The van der Waals surface area contributed by atoms with Crippen molar-refractivity contribution in [3.05, 3.63) is 27.7 Å². The molecule has 1 aliphatic rings. The van der Waals surface area contributed by atoms with E-state index in [1.165, 1.54) is 0 Å². The monoisotopic (exact) mass is 335 g/mol. The van der Waals surface area contributed by atoms with Gasteiger partial charge in [-0.2, -0.15) is 0 Å². The van der Waals surface area contributed by atoms with Crippen LogP contribution >= 0.6 is 28.3 Å². The van der Waals surface area contributed by atoms with E-state index in [1.54, 1.807) is 0 Å². The lowest BCUT2D eigenvalue weighted by atomic mass is 9.95. The van der Waals surface area contributed by atoms with Crippen LogP contribution in [0.1, 0.15) is 17.5 Å². The van der Waals surface area contributed by atoms with Gasteiger partial charge in [-0.3, -0.25) is 4.79 Å². The number of nitrogens with two attached hydrogens (primary N) is 1. The highest BCUT2D eigenvalue weighted by Gasteiger charge is 2.20. The van der Waals surface area contributed by atoms with Crippen LogP contribution in [0.3, 0.4) is 0 Å². The molecule has 0 spiro atoms. The van der Waals surface area contributed by atoms with Crippen LogP contribution in [0.5, 0.6) is 5.75 Å². The number of benzene rings is 1. The van der Waals surface area contributed by atoms with Crippen molar-refractivity contribution in [2.24, 2.45) is 5.73 Å². The molecule has 0 aliphatic carbocycles. The van der Waals surface area contributed by atoms with Gasteiger partial charge in [0.05, 0.1) is 11.1 Å². The first-order chi connectivity index (χ1) is 8.09. The molecular weight excluding hydrogens is 321 g/mol. The Kier molecular flexibility index (Phi) is 5.44. The first kappa shape index (κ1) is 15.3. The lowest BCUT2D eigenvalue weighted by Crippen LogP contribution is -2.32. The van der Waals surface area contributed by atoms with Crippen molar-refractivity contribution in [1.82, 2.24) is 0 Å². The second-order valence-corrected chi connectivity index (χ2v) is 4.97. The van der Waals surface area contributed by atoms with Crippen molar-refractivity contribution in [2.45, 2.75) is 25.3 Å². The number of hydrogen-bond acceptors (Lipinski definition) is 3. The van der Waals surface area contributed by atoms with Gasteiger partial charge in [0.1, 0.15) is 11.8 Å². The van der Waals surface area contributed by atoms with Crippen molar-refractivity contribution in [3.8, 4) is 5.75 Å². The molecule has 1 aromatic carbocycles. The van der Waals surface area contributed by atoms with Gasteiger partial charge >= 0.3 is 5.97 Å². The van der Waals surface area contributed by atoms with Crippen LogP contribution in [0.4, 0.5) is 0 Å². The lowest BCUT2D eigenvalue weighted by Gasteiger charge is -2.22. The minimum Gasteiger partial charge on any atom is -0.492 e. The van der Waals surface area contributed by atoms with Gasteiger partial charge in [0, 0.05) is 0 Å². The first-order valence-electron chi connectivity index (χ1n) is 5.51. The molecular formula is C12H15BrClNO3. The van der Waals surface area contributed by atoms with Gasteiger partial charge in [0.15, 0.2) is 0 Å². The molecule has 0 bridgehead atoms. The molecule has 0 saturated heterocycles. The van der Waals surface area contributed by atoms with Crippen LogP contribution < -0.4 is 10.5 Å². The normalized spacial score (nSPS) is 15.0. The molecule has 0 amide bonds. The van der Waals surface area contributed by atoms with Gasteiger partial charge in [-0.25, -0.2) is 0 Å². The summed E-state index contributed by atoms with van der Waals surface area (Å²) in [5.41, 5.74) is 7.62. The van der Waals surface area contributed by atoms with Crippen LogP contribution in [0.25, 0.3) is 0 Å². The average Bonchev–Trinajstić information content (AvgIpc) is 2.33. The highest BCUT2D eigenvalue weighted by Crippen LogP contribution is 2.35. The van der Waals surface area contributed by atoms with Gasteiger partial charge in [-0.1, -0.05) is 6.07 Å². The largest absolute Gasteiger partial charge is 0.492 e. The zero-order valence-corrected chi connectivity index (χ0v) is 12.1. The standard InChI is InChI=1S/C12H14BrNO3.ClH/c13-9-4-3-7(6-10(14)12(15)16)8-2-1-5-17-11(8)9;/h3-4,10H,1-2,5-6,14H2,(H,15,16);1H/t10-;/m0./s1. The third-order valence-electron chi connectivity index (χ3n) is 2.88. The summed E-state index contributed by atoms with van der Waals surface area (Å²) in [5, 5.41) is 8.84. The van der Waals surface area contributed by atoms with Crippen molar-refractivity contribution in [2.75, 3.05) is 6.61 Å². The highest BCUT2D eigenvalue weighted by molar-refractivity contribution is 9.10. The Morgan fingerprint density at radius 2 is 2.28 bits per heavy atom. The SMILES string of the molecule is Cl.N[C@@H](Cc1ccc(Br)c2c1CCCO2)C(=O)O. The summed E-state index contributed by atoms with van der Waals surface area (Å²) < 4.78 is 6.52. The van der Waals surface area contributed by atoms with E-state index >= 15 is 0 Å². The number of halogens is 2. The van der Waals surface area contributed by atoms with E-state index in [0.717, 1.165) is 34.2 Å². The lowest BCUT2D eigenvalue weighted by molar-refractivity contribution is -0.138. The van der Waals surface area contributed by atoms with Gasteiger partial charge in [-0.15, -0.1) is 12.4 Å². The Hall–Kier alpha value is -0.780. The van der Waals surface area contributed by atoms with Crippen LogP contribution in [0.15, 0.2) is 16.6 Å². The van der Waals surface area contributed by atoms with E-state index in [2.05, 4.69) is 15.9 Å². The molecule has 4 nitrogen and oxygen atoms in total. The molecule has 0 saturated carbocycles. The molecule has 1 heterocycles. The van der Waals surface area contributed by atoms with E-state index < -0.39 is 12.0 Å². The van der Waals surface area contributed by atoms with Crippen molar-refractivity contribution < 1.29 is 14.6 Å². The molecule has 6 heteroatoms. The topological polar surface area (TPSA) is 72.5 Å². The number of carboxylic acid groups (broad SMARTS) is 1. The van der Waals surface area contributed by atoms with Crippen LogP contribution in [0.2, 0.25) is 0 Å². The van der Waals surface area contributed by atoms with E-state index in [4.69, 9.17) is 15.6 Å². The molecule has 1 aromatic rings. The Labute approximate surface area is 120 Å². The van der Waals surface area contributed by atoms with E-state index in [9.17, 15) is 4.79 Å². The number of carbonyl (C=O) groups is 1. The Bertz CT molecular complexity index is 453. The minimum absolute atomic E-state index is 0. The maximum absolute atomic E-state index is 10.8. The number of rotatable bonds is 3. The summed E-state index contributed by atoms with van der Waals surface area (Å²) in [7, 11) is 0. The third kappa shape index (κ3) is 3.16. The fourth-order valence-electron chi connectivity index (χ4n) is 2.01. The number of ether oxygens (including phenoxy) is 1.